The lowest BCUT2D eigenvalue weighted by Crippen LogP contribution is -2.03. The van der Waals surface area contributed by atoms with E-state index < -0.39 is 27.8 Å². The zero-order valence-electron chi connectivity index (χ0n) is 10.2. The average Bonchev–Trinajstić information content (AvgIpc) is 2.35. The molecule has 0 bridgehead atoms. The van der Waals surface area contributed by atoms with Crippen LogP contribution in [0.3, 0.4) is 0 Å². The number of hydrogen-bond donors (Lipinski definition) is 3. The van der Waals surface area contributed by atoms with E-state index >= 15 is 0 Å². The second kappa shape index (κ2) is 6.37. The Morgan fingerprint density at radius 1 is 1.05 bits per heavy atom. The van der Waals surface area contributed by atoms with Gasteiger partial charge in [0.1, 0.15) is 11.2 Å². The molecule has 0 aliphatic carbocycles. The molecule has 1 aromatic heterocycles. The number of aromatic nitrogens is 2. The predicted molar refractivity (Wildman–Crippen MR) is 67.0 cm³/mol. The molecule has 2 rings (SSSR count). The van der Waals surface area contributed by atoms with Crippen LogP contribution in [0.1, 0.15) is 0 Å². The number of nitrogen functional groups attached to an aromatic ring is 2. The molecule has 0 spiro atoms. The molecule has 7 nitrogen and oxygen atoms in total. The van der Waals surface area contributed by atoms with Crippen molar-refractivity contribution in [1.29, 1.82) is 0 Å². The van der Waals surface area contributed by atoms with E-state index in [0.29, 0.717) is 12.0 Å². The molecule has 0 aliphatic heterocycles. The number of anilines is 2. The highest BCUT2D eigenvalue weighted by Gasteiger charge is 2.12. The molecular formula is C10H9F3N4O3S. The normalized spacial score (nSPS) is 10.7. The van der Waals surface area contributed by atoms with Gasteiger partial charge in [0.25, 0.3) is 22.0 Å². The summed E-state index contributed by atoms with van der Waals surface area (Å²) in [4.78, 5) is 5.17. The molecule has 1 aromatic carbocycles. The minimum atomic E-state index is -4.23. The maximum absolute atomic E-state index is 11.9. The number of benzene rings is 1. The number of nitrogens with zero attached hydrogens (tertiary/aromatic N) is 2. The smallest absolute Gasteiger partial charge is 0.296 e. The van der Waals surface area contributed by atoms with Crippen molar-refractivity contribution in [2.75, 3.05) is 11.5 Å². The van der Waals surface area contributed by atoms with Crippen LogP contribution in [0.5, 0.6) is 0 Å². The average molecular weight is 322 g/mol. The Hall–Kier alpha value is -2.40. The zero-order chi connectivity index (χ0) is 16.2. The maximum atomic E-state index is 11.9. The van der Waals surface area contributed by atoms with Crippen LogP contribution in [0, 0.1) is 17.7 Å². The minimum Gasteiger partial charge on any atom is -0.399 e. The van der Waals surface area contributed by atoms with E-state index in [4.69, 9.17) is 16.0 Å². The molecule has 2 aromatic rings. The van der Waals surface area contributed by atoms with E-state index in [1.54, 1.807) is 0 Å². The lowest BCUT2D eigenvalue weighted by molar-refractivity contribution is 0.406. The van der Waals surface area contributed by atoms with Crippen LogP contribution < -0.4 is 11.5 Å². The van der Waals surface area contributed by atoms with E-state index in [9.17, 15) is 21.6 Å². The highest BCUT2D eigenvalue weighted by molar-refractivity contribution is 7.86. The van der Waals surface area contributed by atoms with Crippen LogP contribution in [-0.4, -0.2) is 22.9 Å². The van der Waals surface area contributed by atoms with Crippen molar-refractivity contribution in [2.45, 2.75) is 4.90 Å². The molecule has 0 aliphatic rings. The van der Waals surface area contributed by atoms with Crippen LogP contribution in [0.25, 0.3) is 0 Å². The third-order valence-corrected chi connectivity index (χ3v) is 2.94. The summed E-state index contributed by atoms with van der Waals surface area (Å²) in [6.45, 7) is 0. The quantitative estimate of drug-likeness (QED) is 0.405. The topological polar surface area (TPSA) is 132 Å². The third-order valence-electron chi connectivity index (χ3n) is 2.02. The van der Waals surface area contributed by atoms with Crippen molar-refractivity contribution < 1.29 is 26.1 Å². The first-order valence-corrected chi connectivity index (χ1v) is 6.51. The van der Waals surface area contributed by atoms with Gasteiger partial charge in [0.2, 0.25) is 5.82 Å². The largest absolute Gasteiger partial charge is 0.399 e. The van der Waals surface area contributed by atoms with Gasteiger partial charge in [-0.3, -0.25) is 4.55 Å². The molecule has 21 heavy (non-hydrogen) atoms. The van der Waals surface area contributed by atoms with Crippen molar-refractivity contribution in [3.8, 4) is 0 Å². The first-order valence-electron chi connectivity index (χ1n) is 5.07. The Morgan fingerprint density at radius 3 is 1.95 bits per heavy atom. The molecular weight excluding hydrogens is 313 g/mol. The third kappa shape index (κ3) is 4.57. The molecule has 0 fully saturated rings. The van der Waals surface area contributed by atoms with Crippen LogP contribution in [-0.2, 0) is 10.1 Å². The summed E-state index contributed by atoms with van der Waals surface area (Å²) >= 11 is 0. The lowest BCUT2D eigenvalue weighted by Gasteiger charge is -2.01. The van der Waals surface area contributed by atoms with Crippen molar-refractivity contribution >= 4 is 21.5 Å². The standard InChI is InChI=1S/C6H8N2O3S.C4HF3N2/c7-4-1-2-6(5(8)3-4)12(9,10)11;5-2-3(6)8-1-9-4(2)7/h1-3H,7-8H2,(H,9,10,11);1H. The molecule has 0 saturated carbocycles. The predicted octanol–water partition coefficient (Wildman–Crippen LogP) is 0.992. The fraction of sp³-hybridized carbons (Fsp3) is 0. The summed E-state index contributed by atoms with van der Waals surface area (Å²) in [5, 5.41) is 0. The van der Waals surface area contributed by atoms with Gasteiger partial charge in [-0.2, -0.15) is 21.6 Å². The van der Waals surface area contributed by atoms with Crippen molar-refractivity contribution in [1.82, 2.24) is 9.97 Å². The Morgan fingerprint density at radius 2 is 1.57 bits per heavy atom. The highest BCUT2D eigenvalue weighted by atomic mass is 32.2. The van der Waals surface area contributed by atoms with E-state index in [-0.39, 0.29) is 10.6 Å². The maximum Gasteiger partial charge on any atom is 0.296 e. The van der Waals surface area contributed by atoms with Crippen LogP contribution in [0.15, 0.2) is 29.4 Å². The summed E-state index contributed by atoms with van der Waals surface area (Å²) in [6.07, 6.45) is 0.605. The van der Waals surface area contributed by atoms with E-state index in [1.807, 2.05) is 0 Å². The number of halogens is 3. The van der Waals surface area contributed by atoms with E-state index in [2.05, 4.69) is 9.97 Å². The minimum absolute atomic E-state index is 0.0579. The zero-order valence-corrected chi connectivity index (χ0v) is 11.0. The highest BCUT2D eigenvalue weighted by Crippen LogP contribution is 2.19. The Labute approximate surface area is 117 Å². The molecule has 1 heterocycles. The van der Waals surface area contributed by atoms with Gasteiger partial charge in [0, 0.05) is 5.69 Å². The molecule has 0 unspecified atom stereocenters. The fourth-order valence-corrected chi connectivity index (χ4v) is 1.73. The van der Waals surface area contributed by atoms with Gasteiger partial charge >= 0.3 is 0 Å². The molecule has 0 amide bonds. The summed E-state index contributed by atoms with van der Waals surface area (Å²) in [6, 6.07) is 3.77. The van der Waals surface area contributed by atoms with Crippen LogP contribution in [0.4, 0.5) is 24.5 Å². The monoisotopic (exact) mass is 322 g/mol. The van der Waals surface area contributed by atoms with Crippen LogP contribution in [0.2, 0.25) is 0 Å². The molecule has 5 N–H and O–H groups in total. The van der Waals surface area contributed by atoms with Gasteiger partial charge in [0.05, 0.1) is 5.69 Å². The summed E-state index contributed by atoms with van der Waals surface area (Å²) in [5.74, 6) is -4.58. The molecule has 11 heteroatoms. The van der Waals surface area contributed by atoms with Crippen molar-refractivity contribution in [3.05, 3.63) is 42.2 Å². The summed E-state index contributed by atoms with van der Waals surface area (Å²) in [7, 11) is -4.23. The summed E-state index contributed by atoms with van der Waals surface area (Å²) in [5.41, 5.74) is 10.9. The van der Waals surface area contributed by atoms with Crippen LogP contribution >= 0.6 is 0 Å². The fourth-order valence-electron chi connectivity index (χ4n) is 1.13. The number of rotatable bonds is 1. The number of hydrogen-bond acceptors (Lipinski definition) is 6. The number of nitrogens with two attached hydrogens (primary N) is 2. The van der Waals surface area contributed by atoms with Gasteiger partial charge in [-0.05, 0) is 18.2 Å². The second-order valence-corrected chi connectivity index (χ2v) is 4.93. The summed E-state index contributed by atoms with van der Waals surface area (Å²) < 4.78 is 65.3. The van der Waals surface area contributed by atoms with Crippen molar-refractivity contribution in [3.63, 3.8) is 0 Å². The van der Waals surface area contributed by atoms with Gasteiger partial charge in [0.15, 0.2) is 0 Å². The molecule has 0 saturated heterocycles. The lowest BCUT2D eigenvalue weighted by atomic mass is 10.3. The van der Waals surface area contributed by atoms with Gasteiger partial charge < -0.3 is 11.5 Å². The Bertz CT molecular complexity index is 735. The first kappa shape index (κ1) is 16.7. The Kier molecular flexibility index (Phi) is 5.05. The molecule has 0 atom stereocenters. The van der Waals surface area contributed by atoms with Gasteiger partial charge in [-0.15, -0.1) is 0 Å². The Balaban J connectivity index is 0.000000219. The SMILES string of the molecule is Fc1ncnc(F)c1F.Nc1ccc(S(=O)(=O)O)c(N)c1. The second-order valence-electron chi connectivity index (χ2n) is 3.54. The van der Waals surface area contributed by atoms with Crippen molar-refractivity contribution in [2.24, 2.45) is 0 Å². The van der Waals surface area contributed by atoms with E-state index in [1.165, 1.54) is 12.1 Å². The first-order chi connectivity index (χ1) is 9.62. The van der Waals surface area contributed by atoms with E-state index in [0.717, 1.165) is 6.07 Å². The molecule has 114 valence electrons. The van der Waals surface area contributed by atoms with Gasteiger partial charge in [-0.25, -0.2) is 9.97 Å². The molecule has 0 radical (unpaired) electrons. The van der Waals surface area contributed by atoms with Gasteiger partial charge in [-0.1, -0.05) is 0 Å².